The first kappa shape index (κ1) is 9.18. The molecule has 0 spiro atoms. The molecule has 0 saturated carbocycles. The monoisotopic (exact) mass is 191 g/mol. The normalized spacial score (nSPS) is 15.6. The molecule has 2 heterocycles. The summed E-state index contributed by atoms with van der Waals surface area (Å²) in [5.74, 6) is 0. The number of aliphatic hydroxyl groups excluding tert-OH is 1. The molecule has 2 rings (SSSR count). The van der Waals surface area contributed by atoms with Gasteiger partial charge in [0.15, 0.2) is 0 Å². The van der Waals surface area contributed by atoms with E-state index in [0.717, 1.165) is 16.6 Å². The number of aliphatic hydroxyl groups is 1. The van der Waals surface area contributed by atoms with E-state index in [4.69, 9.17) is 10.8 Å². The quantitative estimate of drug-likeness (QED) is 0.655. The van der Waals surface area contributed by atoms with E-state index in [-0.39, 0.29) is 6.61 Å². The van der Waals surface area contributed by atoms with Gasteiger partial charge in [0.1, 0.15) is 5.65 Å². The van der Waals surface area contributed by atoms with Crippen molar-refractivity contribution in [2.24, 2.45) is 5.73 Å². The van der Waals surface area contributed by atoms with Crippen LogP contribution in [0.4, 0.5) is 0 Å². The molecule has 4 nitrogen and oxygen atoms in total. The van der Waals surface area contributed by atoms with Crippen molar-refractivity contribution in [3.63, 3.8) is 0 Å². The Morgan fingerprint density at radius 3 is 3.14 bits per heavy atom. The maximum absolute atomic E-state index is 9.11. The number of nitrogens with two attached hydrogens (primary N) is 1. The van der Waals surface area contributed by atoms with Crippen LogP contribution in [0.2, 0.25) is 0 Å². The summed E-state index contributed by atoms with van der Waals surface area (Å²) in [4.78, 5) is 7.21. The third kappa shape index (κ3) is 1.38. The zero-order chi connectivity index (χ0) is 10.2. The van der Waals surface area contributed by atoms with E-state index < -0.39 is 5.54 Å². The lowest BCUT2D eigenvalue weighted by Crippen LogP contribution is -2.36. The van der Waals surface area contributed by atoms with E-state index in [0.29, 0.717) is 0 Å². The average Bonchev–Trinajstić information content (AvgIpc) is 2.64. The SMILES string of the molecule is CC(N)(CO)c1cnc2[nH]ccc2c1. The number of pyridine rings is 1. The van der Waals surface area contributed by atoms with Crippen molar-refractivity contribution >= 4 is 11.0 Å². The topological polar surface area (TPSA) is 74.9 Å². The van der Waals surface area contributed by atoms with E-state index in [9.17, 15) is 0 Å². The second-order valence-electron chi connectivity index (χ2n) is 3.72. The van der Waals surface area contributed by atoms with Gasteiger partial charge in [0.2, 0.25) is 0 Å². The smallest absolute Gasteiger partial charge is 0.137 e. The molecule has 1 atom stereocenters. The molecule has 0 fully saturated rings. The molecule has 0 aliphatic rings. The average molecular weight is 191 g/mol. The van der Waals surface area contributed by atoms with Crippen LogP contribution in [0.1, 0.15) is 12.5 Å². The Hall–Kier alpha value is -1.39. The van der Waals surface area contributed by atoms with Gasteiger partial charge in [-0.15, -0.1) is 0 Å². The van der Waals surface area contributed by atoms with Crippen LogP contribution in [0.5, 0.6) is 0 Å². The van der Waals surface area contributed by atoms with Gasteiger partial charge in [-0.2, -0.15) is 0 Å². The maximum Gasteiger partial charge on any atom is 0.137 e. The van der Waals surface area contributed by atoms with Gasteiger partial charge in [-0.05, 0) is 24.6 Å². The van der Waals surface area contributed by atoms with Crippen LogP contribution in [0, 0.1) is 0 Å². The van der Waals surface area contributed by atoms with Crippen molar-refractivity contribution in [1.29, 1.82) is 0 Å². The molecule has 0 aliphatic heterocycles. The summed E-state index contributed by atoms with van der Waals surface area (Å²) in [5.41, 5.74) is 6.85. The van der Waals surface area contributed by atoms with E-state index in [1.807, 2.05) is 18.3 Å². The van der Waals surface area contributed by atoms with Crippen molar-refractivity contribution in [3.05, 3.63) is 30.1 Å². The Balaban J connectivity index is 2.53. The van der Waals surface area contributed by atoms with Gasteiger partial charge in [0.25, 0.3) is 0 Å². The number of rotatable bonds is 2. The van der Waals surface area contributed by atoms with Crippen LogP contribution in [-0.4, -0.2) is 21.7 Å². The van der Waals surface area contributed by atoms with Crippen LogP contribution in [0.25, 0.3) is 11.0 Å². The first-order valence-corrected chi connectivity index (χ1v) is 4.47. The number of fused-ring (bicyclic) bond motifs is 1. The molecule has 0 bridgehead atoms. The summed E-state index contributed by atoms with van der Waals surface area (Å²) in [6.45, 7) is 1.69. The number of hydrogen-bond donors (Lipinski definition) is 3. The van der Waals surface area contributed by atoms with Gasteiger partial charge in [-0.3, -0.25) is 0 Å². The highest BCUT2D eigenvalue weighted by atomic mass is 16.3. The fraction of sp³-hybridized carbons (Fsp3) is 0.300. The molecule has 4 N–H and O–H groups in total. The molecule has 0 amide bonds. The van der Waals surface area contributed by atoms with Crippen molar-refractivity contribution < 1.29 is 5.11 Å². The molecule has 0 radical (unpaired) electrons. The molecule has 0 aliphatic carbocycles. The largest absolute Gasteiger partial charge is 0.394 e. The lowest BCUT2D eigenvalue weighted by Gasteiger charge is -2.21. The van der Waals surface area contributed by atoms with Gasteiger partial charge in [-0.1, -0.05) is 0 Å². The number of nitrogens with zero attached hydrogens (tertiary/aromatic N) is 1. The first-order chi connectivity index (χ1) is 6.63. The fourth-order valence-corrected chi connectivity index (χ4v) is 1.34. The molecule has 0 saturated heterocycles. The van der Waals surface area contributed by atoms with Gasteiger partial charge >= 0.3 is 0 Å². The van der Waals surface area contributed by atoms with E-state index in [2.05, 4.69) is 9.97 Å². The van der Waals surface area contributed by atoms with Crippen LogP contribution in [0.3, 0.4) is 0 Å². The zero-order valence-electron chi connectivity index (χ0n) is 7.99. The highest BCUT2D eigenvalue weighted by Crippen LogP contribution is 2.19. The standard InChI is InChI=1S/C10H13N3O/c1-10(11,6-14)8-4-7-2-3-12-9(7)13-5-8/h2-5,14H,6,11H2,1H3,(H,12,13). The predicted octanol–water partition coefficient (Wildman–Crippen LogP) is 0.729. The summed E-state index contributed by atoms with van der Waals surface area (Å²) < 4.78 is 0. The van der Waals surface area contributed by atoms with Gasteiger partial charge in [-0.25, -0.2) is 4.98 Å². The second-order valence-corrected chi connectivity index (χ2v) is 3.72. The number of hydrogen-bond acceptors (Lipinski definition) is 3. The van der Waals surface area contributed by atoms with Gasteiger partial charge in [0, 0.05) is 17.8 Å². The van der Waals surface area contributed by atoms with E-state index >= 15 is 0 Å². The Bertz CT molecular complexity index is 447. The molecular formula is C10H13N3O. The molecule has 2 aromatic rings. The molecule has 0 aromatic carbocycles. The predicted molar refractivity (Wildman–Crippen MR) is 54.7 cm³/mol. The van der Waals surface area contributed by atoms with Crippen molar-refractivity contribution in [2.75, 3.05) is 6.61 Å². The lowest BCUT2D eigenvalue weighted by molar-refractivity contribution is 0.210. The Morgan fingerprint density at radius 1 is 1.64 bits per heavy atom. The Labute approximate surface area is 81.8 Å². The maximum atomic E-state index is 9.11. The zero-order valence-corrected chi connectivity index (χ0v) is 7.99. The van der Waals surface area contributed by atoms with Crippen LogP contribution >= 0.6 is 0 Å². The molecule has 14 heavy (non-hydrogen) atoms. The number of nitrogens with one attached hydrogen (secondary N) is 1. The van der Waals surface area contributed by atoms with Gasteiger partial charge in [0.05, 0.1) is 12.1 Å². The Morgan fingerprint density at radius 2 is 2.43 bits per heavy atom. The minimum Gasteiger partial charge on any atom is -0.394 e. The first-order valence-electron chi connectivity index (χ1n) is 4.47. The highest BCUT2D eigenvalue weighted by molar-refractivity contribution is 5.75. The van der Waals surface area contributed by atoms with Gasteiger partial charge < -0.3 is 15.8 Å². The molecule has 4 heteroatoms. The summed E-state index contributed by atoms with van der Waals surface area (Å²) >= 11 is 0. The minimum absolute atomic E-state index is 0.0926. The lowest BCUT2D eigenvalue weighted by atomic mass is 9.95. The molecule has 74 valence electrons. The second kappa shape index (κ2) is 3.08. The van der Waals surface area contributed by atoms with Crippen molar-refractivity contribution in [3.8, 4) is 0 Å². The van der Waals surface area contributed by atoms with E-state index in [1.54, 1.807) is 13.1 Å². The summed E-state index contributed by atoms with van der Waals surface area (Å²) in [6.07, 6.45) is 3.52. The third-order valence-corrected chi connectivity index (χ3v) is 2.39. The minimum atomic E-state index is -0.724. The van der Waals surface area contributed by atoms with Crippen LogP contribution in [-0.2, 0) is 5.54 Å². The molecule has 1 unspecified atom stereocenters. The highest BCUT2D eigenvalue weighted by Gasteiger charge is 2.20. The summed E-state index contributed by atoms with van der Waals surface area (Å²) in [5, 5.41) is 10.1. The third-order valence-electron chi connectivity index (χ3n) is 2.39. The van der Waals surface area contributed by atoms with E-state index in [1.165, 1.54) is 0 Å². The van der Waals surface area contributed by atoms with Crippen molar-refractivity contribution in [2.45, 2.75) is 12.5 Å². The van der Waals surface area contributed by atoms with Crippen molar-refractivity contribution in [1.82, 2.24) is 9.97 Å². The van der Waals surface area contributed by atoms with Crippen LogP contribution in [0.15, 0.2) is 24.5 Å². The van der Waals surface area contributed by atoms with Crippen LogP contribution < -0.4 is 5.73 Å². The number of aromatic nitrogens is 2. The fourth-order valence-electron chi connectivity index (χ4n) is 1.34. The molecule has 2 aromatic heterocycles. The number of aromatic amines is 1. The molecular weight excluding hydrogens is 178 g/mol. The summed E-state index contributed by atoms with van der Waals surface area (Å²) in [7, 11) is 0. The Kier molecular flexibility index (Phi) is 2.02. The summed E-state index contributed by atoms with van der Waals surface area (Å²) in [6, 6.07) is 3.87. The number of H-pyrrole nitrogens is 1.